The highest BCUT2D eigenvalue weighted by atomic mass is 19.4. The van der Waals surface area contributed by atoms with Gasteiger partial charge in [-0.3, -0.25) is 10.1 Å². The third-order valence-corrected chi connectivity index (χ3v) is 4.64. The van der Waals surface area contributed by atoms with E-state index in [1.54, 1.807) is 6.07 Å². The minimum Gasteiger partial charge on any atom is -0.383 e. The number of alkyl halides is 3. The molecule has 8 nitrogen and oxygen atoms in total. The Morgan fingerprint density at radius 2 is 1.84 bits per heavy atom. The maximum absolute atomic E-state index is 13.2. The van der Waals surface area contributed by atoms with Crippen molar-refractivity contribution in [2.75, 3.05) is 16.8 Å². The van der Waals surface area contributed by atoms with Gasteiger partial charge in [0.2, 0.25) is 5.95 Å². The molecule has 0 radical (unpaired) electrons. The second-order valence-electron chi connectivity index (χ2n) is 6.64. The van der Waals surface area contributed by atoms with E-state index >= 15 is 0 Å². The molecule has 1 aromatic heterocycles. The first-order chi connectivity index (χ1) is 14.6. The average Bonchev–Trinajstić information content (AvgIpc) is 2.71. The van der Waals surface area contributed by atoms with E-state index in [4.69, 9.17) is 11.5 Å². The Labute approximate surface area is 175 Å². The standard InChI is InChI=1S/C20H19F3N6O2/c1-2-14-17(18(24)28-19(25)27-14)11-7-8-15(16(9-11)29(30)31)26-10-12-5-3-4-6-13(12)20(21,22)23/h3-9,26H,2,10H2,1H3,(H4,24,25,27,28). The van der Waals surface area contributed by atoms with Crippen LogP contribution in [-0.4, -0.2) is 14.9 Å². The molecule has 0 fully saturated rings. The number of aryl methyl sites for hydroxylation is 1. The Morgan fingerprint density at radius 3 is 2.48 bits per heavy atom. The summed E-state index contributed by atoms with van der Waals surface area (Å²) >= 11 is 0. The van der Waals surface area contributed by atoms with Gasteiger partial charge in [0.1, 0.15) is 11.5 Å². The molecule has 31 heavy (non-hydrogen) atoms. The van der Waals surface area contributed by atoms with Crippen LogP contribution in [0.1, 0.15) is 23.7 Å². The van der Waals surface area contributed by atoms with Crippen LogP contribution >= 0.6 is 0 Å². The third kappa shape index (κ3) is 4.65. The van der Waals surface area contributed by atoms with Gasteiger partial charge in [-0.1, -0.05) is 31.2 Å². The van der Waals surface area contributed by atoms with Crippen molar-refractivity contribution in [3.63, 3.8) is 0 Å². The van der Waals surface area contributed by atoms with Crippen LogP contribution < -0.4 is 16.8 Å². The smallest absolute Gasteiger partial charge is 0.383 e. The van der Waals surface area contributed by atoms with E-state index in [-0.39, 0.29) is 35.2 Å². The first kappa shape index (κ1) is 21.8. The molecule has 0 bridgehead atoms. The van der Waals surface area contributed by atoms with Crippen molar-refractivity contribution < 1.29 is 18.1 Å². The number of hydrogen-bond donors (Lipinski definition) is 3. The summed E-state index contributed by atoms with van der Waals surface area (Å²) in [4.78, 5) is 19.1. The number of rotatable bonds is 6. The topological polar surface area (TPSA) is 133 Å². The van der Waals surface area contributed by atoms with Crippen molar-refractivity contribution in [1.82, 2.24) is 9.97 Å². The van der Waals surface area contributed by atoms with Gasteiger partial charge in [-0.2, -0.15) is 18.2 Å². The van der Waals surface area contributed by atoms with Crippen LogP contribution in [0.15, 0.2) is 42.5 Å². The number of benzene rings is 2. The van der Waals surface area contributed by atoms with Gasteiger partial charge in [0, 0.05) is 18.2 Å². The van der Waals surface area contributed by atoms with Crippen molar-refractivity contribution in [1.29, 1.82) is 0 Å². The van der Waals surface area contributed by atoms with E-state index in [0.717, 1.165) is 6.07 Å². The predicted octanol–water partition coefficient (Wildman–Crippen LogP) is 4.41. The van der Waals surface area contributed by atoms with Crippen LogP contribution in [-0.2, 0) is 19.1 Å². The summed E-state index contributed by atoms with van der Waals surface area (Å²) < 4.78 is 39.6. The third-order valence-electron chi connectivity index (χ3n) is 4.64. The van der Waals surface area contributed by atoms with Crippen LogP contribution in [0.25, 0.3) is 11.1 Å². The average molecular weight is 432 g/mol. The normalized spacial score (nSPS) is 11.4. The fourth-order valence-corrected chi connectivity index (χ4v) is 3.25. The van der Waals surface area contributed by atoms with Gasteiger partial charge in [0.05, 0.1) is 16.2 Å². The molecule has 0 amide bonds. The van der Waals surface area contributed by atoms with Crippen molar-refractivity contribution >= 4 is 23.1 Å². The monoisotopic (exact) mass is 432 g/mol. The first-order valence-corrected chi connectivity index (χ1v) is 9.21. The van der Waals surface area contributed by atoms with Crippen molar-refractivity contribution in [2.45, 2.75) is 26.1 Å². The number of halogens is 3. The van der Waals surface area contributed by atoms with Gasteiger partial charge in [-0.25, -0.2) is 4.98 Å². The summed E-state index contributed by atoms with van der Waals surface area (Å²) in [6, 6.07) is 9.30. The Hall–Kier alpha value is -3.89. The second-order valence-corrected chi connectivity index (χ2v) is 6.64. The van der Waals surface area contributed by atoms with Crippen LogP contribution in [0.2, 0.25) is 0 Å². The summed E-state index contributed by atoms with van der Waals surface area (Å²) in [5.74, 6) is 0.0766. The van der Waals surface area contributed by atoms with Crippen molar-refractivity contribution in [3.05, 3.63) is 69.4 Å². The molecule has 0 atom stereocenters. The molecule has 1 heterocycles. The molecule has 0 unspecified atom stereocenters. The molecular formula is C20H19F3N6O2. The summed E-state index contributed by atoms with van der Waals surface area (Å²) in [6.45, 7) is 1.58. The zero-order chi connectivity index (χ0) is 22.8. The number of hydrogen-bond acceptors (Lipinski definition) is 7. The Bertz CT molecular complexity index is 1130. The minimum atomic E-state index is -4.53. The Kier molecular flexibility index (Phi) is 5.95. The Balaban J connectivity index is 1.98. The molecule has 5 N–H and O–H groups in total. The highest BCUT2D eigenvalue weighted by Gasteiger charge is 2.32. The molecule has 0 aliphatic heterocycles. The highest BCUT2D eigenvalue weighted by Crippen LogP contribution is 2.36. The lowest BCUT2D eigenvalue weighted by Gasteiger charge is -2.15. The fourth-order valence-electron chi connectivity index (χ4n) is 3.25. The molecule has 0 aliphatic rings. The lowest BCUT2D eigenvalue weighted by molar-refractivity contribution is -0.383. The number of aromatic nitrogens is 2. The maximum Gasteiger partial charge on any atom is 0.416 e. The molecule has 0 saturated heterocycles. The van der Waals surface area contributed by atoms with E-state index in [1.807, 2.05) is 6.92 Å². The Morgan fingerprint density at radius 1 is 1.13 bits per heavy atom. The highest BCUT2D eigenvalue weighted by molar-refractivity contribution is 5.81. The first-order valence-electron chi connectivity index (χ1n) is 9.21. The molecule has 2 aromatic carbocycles. The maximum atomic E-state index is 13.2. The van der Waals surface area contributed by atoms with Gasteiger partial charge < -0.3 is 16.8 Å². The second kappa shape index (κ2) is 8.46. The van der Waals surface area contributed by atoms with Crippen molar-refractivity contribution in [2.24, 2.45) is 0 Å². The lowest BCUT2D eigenvalue weighted by Crippen LogP contribution is -2.12. The van der Waals surface area contributed by atoms with E-state index < -0.39 is 16.7 Å². The minimum absolute atomic E-state index is 0.00536. The van der Waals surface area contributed by atoms with E-state index in [0.29, 0.717) is 23.2 Å². The predicted molar refractivity (Wildman–Crippen MR) is 111 cm³/mol. The molecule has 0 aliphatic carbocycles. The quantitative estimate of drug-likeness (QED) is 0.388. The summed E-state index contributed by atoms with van der Waals surface area (Å²) in [5.41, 5.74) is 11.9. The fraction of sp³-hybridized carbons (Fsp3) is 0.200. The van der Waals surface area contributed by atoms with Crippen LogP contribution in [0.3, 0.4) is 0 Å². The number of nitrogen functional groups attached to an aromatic ring is 2. The lowest BCUT2D eigenvalue weighted by atomic mass is 10.0. The summed E-state index contributed by atoms with van der Waals surface area (Å²) in [5, 5.41) is 14.4. The largest absolute Gasteiger partial charge is 0.416 e. The van der Waals surface area contributed by atoms with Gasteiger partial charge in [-0.15, -0.1) is 0 Å². The van der Waals surface area contributed by atoms with E-state index in [2.05, 4.69) is 15.3 Å². The molecular weight excluding hydrogens is 413 g/mol. The molecule has 0 spiro atoms. The number of nitrogens with two attached hydrogens (primary N) is 2. The van der Waals surface area contributed by atoms with E-state index in [9.17, 15) is 23.3 Å². The number of nitro benzene ring substituents is 1. The van der Waals surface area contributed by atoms with Gasteiger partial charge >= 0.3 is 6.18 Å². The van der Waals surface area contributed by atoms with Crippen LogP contribution in [0, 0.1) is 10.1 Å². The summed E-state index contributed by atoms with van der Waals surface area (Å²) in [7, 11) is 0. The van der Waals surface area contributed by atoms with E-state index in [1.165, 1.54) is 30.3 Å². The zero-order valence-electron chi connectivity index (χ0n) is 16.4. The molecule has 0 saturated carbocycles. The van der Waals surface area contributed by atoms with Crippen LogP contribution in [0.4, 0.5) is 36.3 Å². The number of nitrogens with one attached hydrogen (secondary N) is 1. The summed E-state index contributed by atoms with van der Waals surface area (Å²) in [6.07, 6.45) is -4.06. The SMILES string of the molecule is CCc1nc(N)nc(N)c1-c1ccc(NCc2ccccc2C(F)(F)F)c([N+](=O)[O-])c1. The van der Waals surface area contributed by atoms with Crippen molar-refractivity contribution in [3.8, 4) is 11.1 Å². The molecule has 3 aromatic rings. The van der Waals surface area contributed by atoms with Crippen LogP contribution in [0.5, 0.6) is 0 Å². The number of anilines is 3. The zero-order valence-corrected chi connectivity index (χ0v) is 16.4. The van der Waals surface area contributed by atoms with Gasteiger partial charge in [-0.05, 0) is 29.7 Å². The molecule has 162 valence electrons. The van der Waals surface area contributed by atoms with Gasteiger partial charge in [0.15, 0.2) is 0 Å². The molecule has 11 heteroatoms. The number of nitro groups is 1. The van der Waals surface area contributed by atoms with Gasteiger partial charge in [0.25, 0.3) is 5.69 Å². The molecule has 3 rings (SSSR count). The number of nitrogens with zero attached hydrogens (tertiary/aromatic N) is 3.